The third-order valence-electron chi connectivity index (χ3n) is 1.39. The number of rotatable bonds is 1. The van der Waals surface area contributed by atoms with Crippen LogP contribution < -0.4 is 5.73 Å². The smallest absolute Gasteiger partial charge is 0.384 e. The SMILES string of the molecule is CC(C)(C)Sc1cc(N)nc(C(F)(F)F)n1. The van der Waals surface area contributed by atoms with Crippen LogP contribution in [0.15, 0.2) is 11.1 Å². The maximum Gasteiger partial charge on any atom is 0.451 e. The van der Waals surface area contributed by atoms with E-state index >= 15 is 0 Å². The molecule has 1 heterocycles. The van der Waals surface area contributed by atoms with Gasteiger partial charge < -0.3 is 5.73 Å². The minimum atomic E-state index is -4.57. The van der Waals surface area contributed by atoms with E-state index in [4.69, 9.17) is 5.73 Å². The average Bonchev–Trinajstić information content (AvgIpc) is 1.97. The molecule has 2 N–H and O–H groups in total. The Morgan fingerprint density at radius 3 is 2.19 bits per heavy atom. The quantitative estimate of drug-likeness (QED) is 0.616. The van der Waals surface area contributed by atoms with Crippen molar-refractivity contribution < 1.29 is 13.2 Å². The van der Waals surface area contributed by atoms with Gasteiger partial charge in [0.05, 0.1) is 0 Å². The fourth-order valence-electron chi connectivity index (χ4n) is 0.935. The molecule has 0 bridgehead atoms. The molecule has 0 aromatic carbocycles. The molecule has 1 aromatic rings. The Balaban J connectivity index is 3.09. The number of thioether (sulfide) groups is 1. The van der Waals surface area contributed by atoms with Crippen LogP contribution in [-0.4, -0.2) is 14.7 Å². The predicted octanol–water partition coefficient (Wildman–Crippen LogP) is 2.97. The van der Waals surface area contributed by atoms with E-state index in [1.807, 2.05) is 20.8 Å². The summed E-state index contributed by atoms with van der Waals surface area (Å²) in [7, 11) is 0. The fraction of sp³-hybridized carbons (Fsp3) is 0.556. The third-order valence-corrected chi connectivity index (χ3v) is 2.42. The molecule has 0 saturated carbocycles. The van der Waals surface area contributed by atoms with E-state index in [1.54, 1.807) is 0 Å². The Kier molecular flexibility index (Phi) is 3.37. The Bertz CT molecular complexity index is 385. The van der Waals surface area contributed by atoms with Crippen molar-refractivity contribution in [3.05, 3.63) is 11.9 Å². The normalized spacial score (nSPS) is 12.9. The summed E-state index contributed by atoms with van der Waals surface area (Å²) in [6.45, 7) is 5.63. The monoisotopic (exact) mass is 251 g/mol. The largest absolute Gasteiger partial charge is 0.451 e. The van der Waals surface area contributed by atoms with Gasteiger partial charge in [-0.15, -0.1) is 11.8 Å². The summed E-state index contributed by atoms with van der Waals surface area (Å²) in [6.07, 6.45) is -4.57. The maximum atomic E-state index is 12.4. The first-order chi connectivity index (χ1) is 7.08. The van der Waals surface area contributed by atoms with Crippen molar-refractivity contribution in [1.29, 1.82) is 0 Å². The second-order valence-electron chi connectivity index (χ2n) is 4.17. The van der Waals surface area contributed by atoms with Gasteiger partial charge in [0.1, 0.15) is 10.8 Å². The third kappa shape index (κ3) is 3.88. The van der Waals surface area contributed by atoms with Gasteiger partial charge in [0.15, 0.2) is 0 Å². The zero-order valence-electron chi connectivity index (χ0n) is 9.09. The van der Waals surface area contributed by atoms with E-state index in [1.165, 1.54) is 17.8 Å². The lowest BCUT2D eigenvalue weighted by molar-refractivity contribution is -0.145. The molecule has 3 nitrogen and oxygen atoms in total. The zero-order valence-corrected chi connectivity index (χ0v) is 9.91. The van der Waals surface area contributed by atoms with Crippen LogP contribution in [0.3, 0.4) is 0 Å². The summed E-state index contributed by atoms with van der Waals surface area (Å²) < 4.78 is 36.9. The van der Waals surface area contributed by atoms with Gasteiger partial charge in [0.25, 0.3) is 0 Å². The standard InChI is InChI=1S/C9H12F3N3S/c1-8(2,3)16-6-4-5(13)14-7(15-6)9(10,11)12/h4H,1-3H3,(H2,13,14,15). The molecule has 0 amide bonds. The highest BCUT2D eigenvalue weighted by Crippen LogP contribution is 2.33. The van der Waals surface area contributed by atoms with Crippen molar-refractivity contribution in [2.45, 2.75) is 36.7 Å². The highest BCUT2D eigenvalue weighted by Gasteiger charge is 2.35. The second kappa shape index (κ2) is 4.12. The molecule has 7 heteroatoms. The Hall–Kier alpha value is -0.980. The summed E-state index contributed by atoms with van der Waals surface area (Å²) in [5.74, 6) is -1.37. The van der Waals surface area contributed by atoms with Crippen molar-refractivity contribution in [2.24, 2.45) is 0 Å². The lowest BCUT2D eigenvalue weighted by atomic mass is 10.3. The molecule has 0 aliphatic carbocycles. The van der Waals surface area contributed by atoms with Crippen molar-refractivity contribution in [1.82, 2.24) is 9.97 Å². The van der Waals surface area contributed by atoms with E-state index in [2.05, 4.69) is 9.97 Å². The first-order valence-electron chi connectivity index (χ1n) is 4.49. The molecule has 0 aliphatic rings. The van der Waals surface area contributed by atoms with Crippen LogP contribution >= 0.6 is 11.8 Å². The van der Waals surface area contributed by atoms with Gasteiger partial charge in [0, 0.05) is 10.8 Å². The molecule has 0 fully saturated rings. The minimum Gasteiger partial charge on any atom is -0.384 e. The van der Waals surface area contributed by atoms with Crippen LogP contribution in [0.1, 0.15) is 26.6 Å². The van der Waals surface area contributed by atoms with Gasteiger partial charge in [-0.05, 0) is 0 Å². The topological polar surface area (TPSA) is 51.8 Å². The molecule has 1 rings (SSSR count). The van der Waals surface area contributed by atoms with Crippen LogP contribution in [0.25, 0.3) is 0 Å². The van der Waals surface area contributed by atoms with Gasteiger partial charge in [-0.25, -0.2) is 9.97 Å². The van der Waals surface area contributed by atoms with Gasteiger partial charge >= 0.3 is 6.18 Å². The first kappa shape index (κ1) is 13.1. The number of nitrogens with two attached hydrogens (primary N) is 1. The molecule has 0 atom stereocenters. The summed E-state index contributed by atoms with van der Waals surface area (Å²) in [5.41, 5.74) is 5.31. The second-order valence-corrected chi connectivity index (χ2v) is 6.01. The van der Waals surface area contributed by atoms with E-state index in [9.17, 15) is 13.2 Å². The Morgan fingerprint density at radius 2 is 1.75 bits per heavy atom. The Labute approximate surface area is 95.7 Å². The molecule has 0 aliphatic heterocycles. The zero-order chi connectivity index (χ0) is 12.6. The molecule has 1 aromatic heterocycles. The number of alkyl halides is 3. The molecule has 0 radical (unpaired) electrons. The number of aromatic nitrogens is 2. The lowest BCUT2D eigenvalue weighted by Gasteiger charge is -2.17. The fourth-order valence-corrected chi connectivity index (χ4v) is 1.87. The summed E-state index contributed by atoms with van der Waals surface area (Å²) in [5, 5.41) is 0.229. The minimum absolute atomic E-state index is 0.172. The van der Waals surface area contributed by atoms with Gasteiger partial charge in [0.2, 0.25) is 5.82 Å². The highest BCUT2D eigenvalue weighted by atomic mass is 32.2. The van der Waals surface area contributed by atoms with E-state index in [0.29, 0.717) is 0 Å². The van der Waals surface area contributed by atoms with E-state index in [-0.39, 0.29) is 15.6 Å². The molecule has 0 unspecified atom stereocenters. The van der Waals surface area contributed by atoms with Crippen LogP contribution in [0.5, 0.6) is 0 Å². The highest BCUT2D eigenvalue weighted by molar-refractivity contribution is 8.00. The molecular weight excluding hydrogens is 239 g/mol. The first-order valence-corrected chi connectivity index (χ1v) is 5.30. The van der Waals surface area contributed by atoms with Crippen molar-refractivity contribution in [3.63, 3.8) is 0 Å². The van der Waals surface area contributed by atoms with Crippen LogP contribution in [-0.2, 0) is 6.18 Å². The van der Waals surface area contributed by atoms with Crippen LogP contribution in [0, 0.1) is 0 Å². The molecule has 90 valence electrons. The number of anilines is 1. The number of nitrogens with zero attached hydrogens (tertiary/aromatic N) is 2. The van der Waals surface area contributed by atoms with Crippen LogP contribution in [0.4, 0.5) is 19.0 Å². The van der Waals surface area contributed by atoms with Crippen LogP contribution in [0.2, 0.25) is 0 Å². The van der Waals surface area contributed by atoms with E-state index in [0.717, 1.165) is 0 Å². The number of hydrogen-bond donors (Lipinski definition) is 1. The average molecular weight is 251 g/mol. The summed E-state index contributed by atoms with van der Waals surface area (Å²) in [4.78, 5) is 6.60. The molecular formula is C9H12F3N3S. The number of nitrogen functional groups attached to an aromatic ring is 1. The summed E-state index contributed by atoms with van der Waals surface area (Å²) >= 11 is 1.21. The molecule has 0 spiro atoms. The van der Waals surface area contributed by atoms with Gasteiger partial charge in [-0.3, -0.25) is 0 Å². The van der Waals surface area contributed by atoms with E-state index < -0.39 is 12.0 Å². The Morgan fingerprint density at radius 1 is 1.19 bits per heavy atom. The number of hydrogen-bond acceptors (Lipinski definition) is 4. The lowest BCUT2D eigenvalue weighted by Crippen LogP contribution is -2.14. The van der Waals surface area contributed by atoms with Crippen molar-refractivity contribution in [2.75, 3.05) is 5.73 Å². The van der Waals surface area contributed by atoms with Crippen molar-refractivity contribution >= 4 is 17.6 Å². The predicted molar refractivity (Wildman–Crippen MR) is 57.1 cm³/mol. The summed E-state index contributed by atoms with van der Waals surface area (Å²) in [6, 6.07) is 1.34. The maximum absolute atomic E-state index is 12.4. The molecule has 16 heavy (non-hydrogen) atoms. The number of halogens is 3. The van der Waals surface area contributed by atoms with Gasteiger partial charge in [-0.2, -0.15) is 13.2 Å². The molecule has 0 saturated heterocycles. The van der Waals surface area contributed by atoms with Crippen molar-refractivity contribution in [3.8, 4) is 0 Å². The van der Waals surface area contributed by atoms with Gasteiger partial charge in [-0.1, -0.05) is 20.8 Å².